The summed E-state index contributed by atoms with van der Waals surface area (Å²) in [6.45, 7) is 0. The Morgan fingerprint density at radius 2 is 1.75 bits per heavy atom. The Bertz CT molecular complexity index is 1010. The summed E-state index contributed by atoms with van der Waals surface area (Å²) in [7, 11) is -3.82. The first-order chi connectivity index (χ1) is 11.5. The largest absolute Gasteiger partial charge is 0.276 e. The van der Waals surface area contributed by atoms with Crippen molar-refractivity contribution >= 4 is 26.0 Å². The van der Waals surface area contributed by atoms with E-state index in [-0.39, 0.29) is 10.6 Å². The quantitative estimate of drug-likeness (QED) is 0.725. The number of nitrogens with zero attached hydrogens (tertiary/aromatic N) is 3. The first kappa shape index (κ1) is 16.2. The van der Waals surface area contributed by atoms with Gasteiger partial charge in [-0.3, -0.25) is 0 Å². The summed E-state index contributed by atoms with van der Waals surface area (Å²) >= 11 is 3.35. The van der Waals surface area contributed by atoms with Crippen LogP contribution in [0, 0.1) is 11.3 Å². The predicted octanol–water partition coefficient (Wildman–Crippen LogP) is 3.12. The number of hydrogen-bond donors (Lipinski definition) is 1. The van der Waals surface area contributed by atoms with E-state index in [0.29, 0.717) is 5.69 Å². The van der Waals surface area contributed by atoms with Gasteiger partial charge >= 0.3 is 0 Å². The molecule has 3 rings (SSSR count). The van der Waals surface area contributed by atoms with Crippen molar-refractivity contribution in [3.05, 3.63) is 70.8 Å². The minimum Gasteiger partial charge on any atom is -0.200 e. The van der Waals surface area contributed by atoms with E-state index < -0.39 is 10.0 Å². The summed E-state index contributed by atoms with van der Waals surface area (Å²) < 4.78 is 25.8. The Labute approximate surface area is 147 Å². The van der Waals surface area contributed by atoms with Crippen LogP contribution < -0.4 is 4.83 Å². The SMILES string of the molecule is N#Cc1cc(-c2ccc(Br)cc2)n(NS(=O)(=O)c2ccccc2)n1. The zero-order valence-electron chi connectivity index (χ0n) is 12.2. The van der Waals surface area contributed by atoms with Crippen LogP contribution in [0.15, 0.2) is 70.0 Å². The number of hydrogen-bond acceptors (Lipinski definition) is 4. The van der Waals surface area contributed by atoms with E-state index >= 15 is 0 Å². The van der Waals surface area contributed by atoms with Gasteiger partial charge in [0.2, 0.25) is 0 Å². The molecule has 1 N–H and O–H groups in total. The van der Waals surface area contributed by atoms with Crippen molar-refractivity contribution in [2.75, 3.05) is 4.83 Å². The van der Waals surface area contributed by atoms with Gasteiger partial charge in [-0.05, 0) is 24.3 Å². The number of aromatic nitrogens is 2. The molecule has 0 radical (unpaired) electrons. The molecule has 3 aromatic rings. The van der Waals surface area contributed by atoms with Gasteiger partial charge in [-0.15, -0.1) is 5.10 Å². The lowest BCUT2D eigenvalue weighted by molar-refractivity contribution is 0.592. The summed E-state index contributed by atoms with van der Waals surface area (Å²) in [5.74, 6) is 0. The van der Waals surface area contributed by atoms with Gasteiger partial charge in [0, 0.05) is 16.1 Å². The van der Waals surface area contributed by atoms with E-state index in [2.05, 4.69) is 25.9 Å². The molecule has 0 aliphatic rings. The number of rotatable bonds is 4. The predicted molar refractivity (Wildman–Crippen MR) is 93.1 cm³/mol. The fourth-order valence-electron chi connectivity index (χ4n) is 2.10. The molecule has 1 heterocycles. The van der Waals surface area contributed by atoms with Gasteiger partial charge in [0.1, 0.15) is 6.07 Å². The molecule has 0 fully saturated rings. The highest BCUT2D eigenvalue weighted by Crippen LogP contribution is 2.23. The van der Waals surface area contributed by atoms with Crippen LogP contribution in [0.5, 0.6) is 0 Å². The normalized spacial score (nSPS) is 11.0. The van der Waals surface area contributed by atoms with Crippen molar-refractivity contribution in [3.63, 3.8) is 0 Å². The molecule has 0 amide bonds. The average molecular weight is 403 g/mol. The van der Waals surface area contributed by atoms with Crippen LogP contribution >= 0.6 is 15.9 Å². The lowest BCUT2D eigenvalue weighted by Gasteiger charge is -2.11. The smallest absolute Gasteiger partial charge is 0.200 e. The number of nitriles is 1. The van der Waals surface area contributed by atoms with E-state index in [1.54, 1.807) is 30.3 Å². The molecule has 0 unspecified atom stereocenters. The number of halogens is 1. The zero-order chi connectivity index (χ0) is 17.2. The molecule has 0 aliphatic heterocycles. The van der Waals surface area contributed by atoms with Gasteiger partial charge in [0.15, 0.2) is 5.69 Å². The van der Waals surface area contributed by atoms with Crippen LogP contribution in [0.1, 0.15) is 5.69 Å². The standard InChI is InChI=1S/C16H11BrN4O2S/c17-13-8-6-12(7-9-13)16-10-14(11-18)19-21(16)20-24(22,23)15-4-2-1-3-5-15/h1-10,20H. The topological polar surface area (TPSA) is 87.8 Å². The van der Waals surface area contributed by atoms with Crippen molar-refractivity contribution in [1.29, 1.82) is 5.26 Å². The van der Waals surface area contributed by atoms with E-state index in [1.165, 1.54) is 18.2 Å². The van der Waals surface area contributed by atoms with Crippen molar-refractivity contribution in [3.8, 4) is 17.3 Å². The summed E-state index contributed by atoms with van der Waals surface area (Å²) in [6, 6.07) is 18.7. The highest BCUT2D eigenvalue weighted by atomic mass is 79.9. The Morgan fingerprint density at radius 1 is 1.08 bits per heavy atom. The summed E-state index contributed by atoms with van der Waals surface area (Å²) in [6.07, 6.45) is 0. The van der Waals surface area contributed by atoms with Gasteiger partial charge < -0.3 is 0 Å². The van der Waals surface area contributed by atoms with Crippen LogP contribution in [0.3, 0.4) is 0 Å². The lowest BCUT2D eigenvalue weighted by atomic mass is 10.1. The zero-order valence-corrected chi connectivity index (χ0v) is 14.6. The Morgan fingerprint density at radius 3 is 2.38 bits per heavy atom. The molecular weight excluding hydrogens is 392 g/mol. The van der Waals surface area contributed by atoms with E-state index in [0.717, 1.165) is 14.8 Å². The number of nitrogens with one attached hydrogen (secondary N) is 1. The lowest BCUT2D eigenvalue weighted by Crippen LogP contribution is -2.25. The molecule has 24 heavy (non-hydrogen) atoms. The van der Waals surface area contributed by atoms with Gasteiger partial charge in [0.25, 0.3) is 10.0 Å². The maximum Gasteiger partial charge on any atom is 0.276 e. The first-order valence-corrected chi connectivity index (χ1v) is 9.11. The van der Waals surface area contributed by atoms with E-state index in [9.17, 15) is 8.42 Å². The van der Waals surface area contributed by atoms with Crippen LogP contribution in [0.4, 0.5) is 0 Å². The maximum absolute atomic E-state index is 12.5. The molecule has 1 aromatic heterocycles. The molecule has 6 nitrogen and oxygen atoms in total. The molecule has 120 valence electrons. The molecule has 2 aromatic carbocycles. The van der Waals surface area contributed by atoms with Crippen LogP contribution in [0.2, 0.25) is 0 Å². The van der Waals surface area contributed by atoms with Gasteiger partial charge in [0.05, 0.1) is 10.6 Å². The van der Waals surface area contributed by atoms with Gasteiger partial charge in [-0.1, -0.05) is 46.3 Å². The van der Waals surface area contributed by atoms with Crippen LogP contribution in [0.25, 0.3) is 11.3 Å². The molecular formula is C16H11BrN4O2S. The number of sulfonamides is 1. The van der Waals surface area contributed by atoms with Crippen molar-refractivity contribution in [2.24, 2.45) is 0 Å². The van der Waals surface area contributed by atoms with E-state index in [4.69, 9.17) is 5.26 Å². The third-order valence-electron chi connectivity index (χ3n) is 3.22. The monoisotopic (exact) mass is 402 g/mol. The first-order valence-electron chi connectivity index (χ1n) is 6.83. The van der Waals surface area contributed by atoms with Crippen molar-refractivity contribution in [2.45, 2.75) is 4.90 Å². The van der Waals surface area contributed by atoms with Gasteiger partial charge in [-0.2, -0.15) is 23.3 Å². The fourth-order valence-corrected chi connectivity index (χ4v) is 3.35. The molecule has 0 saturated carbocycles. The second-order valence-electron chi connectivity index (χ2n) is 4.85. The molecule has 0 bridgehead atoms. The summed E-state index contributed by atoms with van der Waals surface area (Å²) in [5.41, 5.74) is 1.31. The van der Waals surface area contributed by atoms with Crippen molar-refractivity contribution in [1.82, 2.24) is 9.89 Å². The summed E-state index contributed by atoms with van der Waals surface area (Å²) in [4.78, 5) is 3.60. The second kappa shape index (κ2) is 6.47. The molecule has 0 aliphatic carbocycles. The minimum atomic E-state index is -3.82. The third kappa shape index (κ3) is 3.32. The molecule has 0 spiro atoms. The Balaban J connectivity index is 2.04. The molecule has 0 saturated heterocycles. The highest BCUT2D eigenvalue weighted by molar-refractivity contribution is 9.10. The van der Waals surface area contributed by atoms with E-state index in [1.807, 2.05) is 18.2 Å². The third-order valence-corrected chi connectivity index (χ3v) is 5.06. The average Bonchev–Trinajstić information content (AvgIpc) is 2.98. The summed E-state index contributed by atoms with van der Waals surface area (Å²) in [5, 5.41) is 13.1. The van der Waals surface area contributed by atoms with Crippen LogP contribution in [-0.4, -0.2) is 18.3 Å². The van der Waals surface area contributed by atoms with Gasteiger partial charge in [-0.25, -0.2) is 0 Å². The Kier molecular flexibility index (Phi) is 4.38. The second-order valence-corrected chi connectivity index (χ2v) is 7.43. The van der Waals surface area contributed by atoms with Crippen LogP contribution in [-0.2, 0) is 10.0 Å². The highest BCUT2D eigenvalue weighted by Gasteiger charge is 2.18. The maximum atomic E-state index is 12.5. The molecule has 8 heteroatoms. The Hall–Kier alpha value is -2.63. The van der Waals surface area contributed by atoms with Crippen molar-refractivity contribution < 1.29 is 8.42 Å². The fraction of sp³-hybridized carbons (Fsp3) is 0. The number of benzene rings is 2. The molecule has 0 atom stereocenters. The minimum absolute atomic E-state index is 0.112.